The predicted octanol–water partition coefficient (Wildman–Crippen LogP) is 2.40. The number of pyridine rings is 1. The minimum atomic E-state index is -0.146. The van der Waals surface area contributed by atoms with Crippen LogP contribution in [0.15, 0.2) is 53.3 Å². The lowest BCUT2D eigenvalue weighted by atomic mass is 10.1. The fraction of sp³-hybridized carbons (Fsp3) is 0.0714. The zero-order valence-corrected chi connectivity index (χ0v) is 10.0. The maximum Gasteiger partial charge on any atom is 0.230 e. The van der Waals surface area contributed by atoms with E-state index in [0.29, 0.717) is 17.0 Å². The third-order valence-corrected chi connectivity index (χ3v) is 2.73. The molecule has 3 aromatic rings. The molecule has 0 saturated heterocycles. The number of para-hydroxylation sites is 1. The van der Waals surface area contributed by atoms with Gasteiger partial charge in [0.05, 0.1) is 18.3 Å². The van der Waals surface area contributed by atoms with Gasteiger partial charge < -0.3 is 9.84 Å². The predicted molar refractivity (Wildman–Crippen MR) is 70.6 cm³/mol. The van der Waals surface area contributed by atoms with E-state index in [9.17, 15) is 4.79 Å². The van der Waals surface area contributed by atoms with E-state index < -0.39 is 0 Å². The molecule has 0 saturated carbocycles. The second-order valence-electron chi connectivity index (χ2n) is 4.09. The average molecular weight is 253 g/mol. The molecule has 5 heteroatoms. The van der Waals surface area contributed by atoms with Crippen LogP contribution < -0.4 is 5.32 Å². The molecule has 2 aromatic heterocycles. The molecule has 0 unspecified atom stereocenters. The molecule has 94 valence electrons. The van der Waals surface area contributed by atoms with Gasteiger partial charge in [-0.1, -0.05) is 17.3 Å². The van der Waals surface area contributed by atoms with Gasteiger partial charge in [0.15, 0.2) is 5.58 Å². The van der Waals surface area contributed by atoms with Crippen molar-refractivity contribution >= 4 is 22.6 Å². The van der Waals surface area contributed by atoms with Crippen molar-refractivity contribution in [1.82, 2.24) is 10.1 Å². The molecule has 2 heterocycles. The number of nitrogens with one attached hydrogen (secondary N) is 1. The number of amides is 1. The van der Waals surface area contributed by atoms with Gasteiger partial charge in [0.25, 0.3) is 0 Å². The van der Waals surface area contributed by atoms with Gasteiger partial charge in [0.1, 0.15) is 5.69 Å². The number of benzene rings is 1. The molecule has 0 aliphatic carbocycles. The summed E-state index contributed by atoms with van der Waals surface area (Å²) in [5.74, 6) is -0.146. The Labute approximate surface area is 109 Å². The van der Waals surface area contributed by atoms with E-state index in [2.05, 4.69) is 15.5 Å². The Bertz CT molecular complexity index is 707. The molecular weight excluding hydrogens is 242 g/mol. The molecule has 1 amide bonds. The summed E-state index contributed by atoms with van der Waals surface area (Å²) in [6, 6.07) is 11.0. The van der Waals surface area contributed by atoms with Gasteiger partial charge in [0, 0.05) is 11.6 Å². The SMILES string of the molecule is O=C(Cc1noc2ccccc12)Nc1cccnc1. The summed E-state index contributed by atoms with van der Waals surface area (Å²) in [5.41, 5.74) is 1.99. The number of carbonyl (C=O) groups is 1. The van der Waals surface area contributed by atoms with Gasteiger partial charge >= 0.3 is 0 Å². The normalized spacial score (nSPS) is 10.5. The molecule has 0 fully saturated rings. The summed E-state index contributed by atoms with van der Waals surface area (Å²) >= 11 is 0. The number of nitrogens with zero attached hydrogens (tertiary/aromatic N) is 2. The summed E-state index contributed by atoms with van der Waals surface area (Å²) in [6.45, 7) is 0. The lowest BCUT2D eigenvalue weighted by Crippen LogP contribution is -2.14. The first-order chi connectivity index (χ1) is 9.33. The van der Waals surface area contributed by atoms with Gasteiger partial charge in [-0.05, 0) is 24.3 Å². The van der Waals surface area contributed by atoms with E-state index in [1.807, 2.05) is 24.3 Å². The van der Waals surface area contributed by atoms with Crippen molar-refractivity contribution in [3.05, 3.63) is 54.5 Å². The van der Waals surface area contributed by atoms with E-state index in [4.69, 9.17) is 4.52 Å². The number of fused-ring (bicyclic) bond motifs is 1. The highest BCUT2D eigenvalue weighted by atomic mass is 16.5. The maximum atomic E-state index is 11.9. The molecule has 0 aliphatic heterocycles. The molecule has 0 spiro atoms. The van der Waals surface area contributed by atoms with Crippen LogP contribution in [0.3, 0.4) is 0 Å². The largest absolute Gasteiger partial charge is 0.356 e. The Morgan fingerprint density at radius 1 is 1.21 bits per heavy atom. The summed E-state index contributed by atoms with van der Waals surface area (Å²) < 4.78 is 5.16. The van der Waals surface area contributed by atoms with Crippen LogP contribution in [0.4, 0.5) is 5.69 Å². The van der Waals surface area contributed by atoms with Crippen LogP contribution in [-0.2, 0) is 11.2 Å². The molecule has 5 nitrogen and oxygen atoms in total. The topological polar surface area (TPSA) is 68.0 Å². The lowest BCUT2D eigenvalue weighted by molar-refractivity contribution is -0.115. The highest BCUT2D eigenvalue weighted by Gasteiger charge is 2.11. The van der Waals surface area contributed by atoms with Crippen molar-refractivity contribution in [3.8, 4) is 0 Å². The molecule has 0 radical (unpaired) electrons. The summed E-state index contributed by atoms with van der Waals surface area (Å²) in [7, 11) is 0. The molecule has 19 heavy (non-hydrogen) atoms. The third kappa shape index (κ3) is 2.44. The quantitative estimate of drug-likeness (QED) is 0.778. The monoisotopic (exact) mass is 253 g/mol. The van der Waals surface area contributed by atoms with Crippen LogP contribution in [0.2, 0.25) is 0 Å². The maximum absolute atomic E-state index is 11.9. The molecule has 0 atom stereocenters. The van der Waals surface area contributed by atoms with E-state index in [0.717, 1.165) is 5.39 Å². The number of hydrogen-bond acceptors (Lipinski definition) is 4. The van der Waals surface area contributed by atoms with Gasteiger partial charge in [-0.3, -0.25) is 9.78 Å². The minimum absolute atomic E-state index is 0.146. The van der Waals surface area contributed by atoms with Crippen LogP contribution in [0.5, 0.6) is 0 Å². The molecule has 0 aliphatic rings. The van der Waals surface area contributed by atoms with Crippen molar-refractivity contribution in [2.24, 2.45) is 0 Å². The van der Waals surface area contributed by atoms with Crippen molar-refractivity contribution in [3.63, 3.8) is 0 Å². The van der Waals surface area contributed by atoms with Crippen molar-refractivity contribution in [2.45, 2.75) is 6.42 Å². The second-order valence-corrected chi connectivity index (χ2v) is 4.09. The van der Waals surface area contributed by atoms with Crippen LogP contribution in [0, 0.1) is 0 Å². The average Bonchev–Trinajstić information content (AvgIpc) is 2.83. The lowest BCUT2D eigenvalue weighted by Gasteiger charge is -2.02. The van der Waals surface area contributed by atoms with E-state index in [1.54, 1.807) is 24.5 Å². The fourth-order valence-corrected chi connectivity index (χ4v) is 1.86. The second kappa shape index (κ2) is 4.89. The molecule has 1 N–H and O–H groups in total. The van der Waals surface area contributed by atoms with Crippen LogP contribution in [0.25, 0.3) is 11.0 Å². The van der Waals surface area contributed by atoms with Crippen LogP contribution >= 0.6 is 0 Å². The van der Waals surface area contributed by atoms with Gasteiger partial charge in [0.2, 0.25) is 5.91 Å². The number of carbonyl (C=O) groups excluding carboxylic acids is 1. The molecule has 3 rings (SSSR count). The standard InChI is InChI=1S/C14H11N3O2/c18-14(16-10-4-3-7-15-9-10)8-12-11-5-1-2-6-13(11)19-17-12/h1-7,9H,8H2,(H,16,18). The molecule has 1 aromatic carbocycles. The summed E-state index contributed by atoms with van der Waals surface area (Å²) in [6.07, 6.45) is 3.42. The van der Waals surface area contributed by atoms with Gasteiger partial charge in [-0.15, -0.1) is 0 Å². The number of aromatic nitrogens is 2. The Morgan fingerprint density at radius 3 is 2.95 bits per heavy atom. The highest BCUT2D eigenvalue weighted by molar-refractivity contribution is 5.94. The Kier molecular flexibility index (Phi) is 2.94. The van der Waals surface area contributed by atoms with E-state index >= 15 is 0 Å². The first-order valence-electron chi connectivity index (χ1n) is 5.86. The van der Waals surface area contributed by atoms with Crippen molar-refractivity contribution < 1.29 is 9.32 Å². The first kappa shape index (κ1) is 11.4. The fourth-order valence-electron chi connectivity index (χ4n) is 1.86. The zero-order valence-electron chi connectivity index (χ0n) is 10.0. The van der Waals surface area contributed by atoms with Gasteiger partial charge in [-0.2, -0.15) is 0 Å². The Hall–Kier alpha value is -2.69. The molecule has 0 bridgehead atoms. The smallest absolute Gasteiger partial charge is 0.230 e. The number of anilines is 1. The van der Waals surface area contributed by atoms with Gasteiger partial charge in [-0.25, -0.2) is 0 Å². The van der Waals surface area contributed by atoms with Crippen LogP contribution in [-0.4, -0.2) is 16.0 Å². The number of rotatable bonds is 3. The van der Waals surface area contributed by atoms with Crippen LogP contribution in [0.1, 0.15) is 5.69 Å². The summed E-state index contributed by atoms with van der Waals surface area (Å²) in [5, 5.41) is 7.55. The zero-order chi connectivity index (χ0) is 13.1. The van der Waals surface area contributed by atoms with Crippen molar-refractivity contribution in [1.29, 1.82) is 0 Å². The van der Waals surface area contributed by atoms with E-state index in [1.165, 1.54) is 0 Å². The minimum Gasteiger partial charge on any atom is -0.356 e. The van der Waals surface area contributed by atoms with E-state index in [-0.39, 0.29) is 12.3 Å². The molecular formula is C14H11N3O2. The first-order valence-corrected chi connectivity index (χ1v) is 5.86. The Morgan fingerprint density at radius 2 is 2.11 bits per heavy atom. The van der Waals surface area contributed by atoms with Crippen molar-refractivity contribution in [2.75, 3.05) is 5.32 Å². The Balaban J connectivity index is 1.76. The number of hydrogen-bond donors (Lipinski definition) is 1. The third-order valence-electron chi connectivity index (χ3n) is 2.73. The summed E-state index contributed by atoms with van der Waals surface area (Å²) in [4.78, 5) is 15.8. The highest BCUT2D eigenvalue weighted by Crippen LogP contribution is 2.18.